The second-order valence-electron chi connectivity index (χ2n) is 5.98. The molecule has 0 aliphatic heterocycles. The number of rotatable bonds is 5. The molecule has 4 aromatic rings. The number of carbonyl (C=O) groups excluding carboxylic acids is 1. The highest BCUT2D eigenvalue weighted by Gasteiger charge is 2.08. The molecule has 0 aliphatic carbocycles. The van der Waals surface area contributed by atoms with Gasteiger partial charge in [-0.05, 0) is 47.3 Å². The first-order chi connectivity index (χ1) is 12.7. The fraction of sp³-hybridized carbons (Fsp3) is 0.105. The summed E-state index contributed by atoms with van der Waals surface area (Å²) in [5, 5.41) is 7.82. The van der Waals surface area contributed by atoms with Crippen LogP contribution in [0.5, 0.6) is 0 Å². The topological polar surface area (TPSA) is 64.7 Å². The van der Waals surface area contributed by atoms with Gasteiger partial charge in [0.05, 0.1) is 12.1 Å². The number of nitrogens with one attached hydrogen (secondary N) is 1. The number of hydrogen-bond donors (Lipinski definition) is 1. The van der Waals surface area contributed by atoms with E-state index in [9.17, 15) is 9.18 Å². The van der Waals surface area contributed by atoms with Crippen molar-refractivity contribution >= 4 is 22.5 Å². The molecule has 0 unspecified atom stereocenters. The van der Waals surface area contributed by atoms with E-state index in [0.717, 1.165) is 10.9 Å². The van der Waals surface area contributed by atoms with Crippen molar-refractivity contribution in [2.45, 2.75) is 13.1 Å². The van der Waals surface area contributed by atoms with Gasteiger partial charge in [-0.15, -0.1) is 0 Å². The van der Waals surface area contributed by atoms with Gasteiger partial charge in [-0.25, -0.2) is 14.1 Å². The van der Waals surface area contributed by atoms with Crippen LogP contribution in [0.3, 0.4) is 0 Å². The normalized spacial score (nSPS) is 11.0. The third-order valence-electron chi connectivity index (χ3n) is 4.10. The maximum Gasteiger partial charge on any atom is 0.244 e. The average molecular weight is 349 g/mol. The summed E-state index contributed by atoms with van der Waals surface area (Å²) in [6.45, 7) is 0.739. The molecule has 26 heavy (non-hydrogen) atoms. The molecule has 0 spiro atoms. The molecule has 0 saturated heterocycles. The third kappa shape index (κ3) is 3.46. The van der Waals surface area contributed by atoms with E-state index in [1.807, 2.05) is 30.3 Å². The maximum absolute atomic E-state index is 13.4. The summed E-state index contributed by atoms with van der Waals surface area (Å²) >= 11 is 0. The molecule has 0 radical (unpaired) electrons. The summed E-state index contributed by atoms with van der Waals surface area (Å²) in [5.74, 6) is -0.489. The van der Waals surface area contributed by atoms with E-state index in [-0.39, 0.29) is 18.3 Å². The van der Waals surface area contributed by atoms with Crippen molar-refractivity contribution < 1.29 is 9.18 Å². The highest BCUT2D eigenvalue weighted by Crippen LogP contribution is 2.17. The van der Waals surface area contributed by atoms with Gasteiger partial charge in [0.25, 0.3) is 0 Å². The summed E-state index contributed by atoms with van der Waals surface area (Å²) in [6.07, 6.45) is 4.93. The lowest BCUT2D eigenvalue weighted by atomic mass is 10.2. The Labute approximate surface area is 148 Å². The number of carbonyl (C=O) groups is 1. The van der Waals surface area contributed by atoms with Crippen LogP contribution in [0, 0.1) is 5.82 Å². The lowest BCUT2D eigenvalue weighted by molar-refractivity contribution is -0.116. The van der Waals surface area contributed by atoms with Gasteiger partial charge in [0.2, 0.25) is 5.91 Å². The molecule has 2 heterocycles. The van der Waals surface area contributed by atoms with Crippen LogP contribution >= 0.6 is 0 Å². The molecule has 0 atom stereocenters. The molecule has 130 valence electrons. The Balaban J connectivity index is 1.42. The Morgan fingerprint density at radius 2 is 1.96 bits per heavy atom. The standard InChI is InChI=1S/C19H16FN5O/c20-16-4-3-15-7-8-24(18(15)9-16)11-19(26)23-17-5-1-14(2-6-17)10-25-13-21-12-22-25/h1-9,12-13H,10-11H2,(H,23,26). The van der Waals surface area contributed by atoms with Crippen LogP contribution in [0.2, 0.25) is 0 Å². The van der Waals surface area contributed by atoms with Gasteiger partial charge in [-0.2, -0.15) is 5.10 Å². The van der Waals surface area contributed by atoms with E-state index in [4.69, 9.17) is 0 Å². The van der Waals surface area contributed by atoms with Gasteiger partial charge in [0.1, 0.15) is 25.0 Å². The Bertz CT molecular complexity index is 1040. The predicted octanol–water partition coefficient (Wildman–Crippen LogP) is 3.06. The molecular formula is C19H16FN5O. The minimum Gasteiger partial charge on any atom is -0.338 e. The number of amides is 1. The molecule has 0 bridgehead atoms. The van der Waals surface area contributed by atoms with Crippen molar-refractivity contribution in [3.63, 3.8) is 0 Å². The number of anilines is 1. The summed E-state index contributed by atoms with van der Waals surface area (Å²) in [4.78, 5) is 16.2. The second-order valence-corrected chi connectivity index (χ2v) is 5.98. The number of halogens is 1. The fourth-order valence-corrected chi connectivity index (χ4v) is 2.85. The highest BCUT2D eigenvalue weighted by atomic mass is 19.1. The van der Waals surface area contributed by atoms with Gasteiger partial charge < -0.3 is 9.88 Å². The molecule has 1 N–H and O–H groups in total. The number of nitrogens with zero attached hydrogens (tertiary/aromatic N) is 4. The van der Waals surface area contributed by atoms with E-state index in [1.165, 1.54) is 18.5 Å². The van der Waals surface area contributed by atoms with Crippen molar-refractivity contribution in [1.82, 2.24) is 19.3 Å². The molecule has 1 amide bonds. The largest absolute Gasteiger partial charge is 0.338 e. The SMILES string of the molecule is O=C(Cn1ccc2ccc(F)cc21)Nc1ccc(Cn2cncn2)cc1. The molecule has 7 heteroatoms. The zero-order chi connectivity index (χ0) is 17.9. The first-order valence-electron chi connectivity index (χ1n) is 8.13. The van der Waals surface area contributed by atoms with Crippen LogP contribution < -0.4 is 5.32 Å². The monoisotopic (exact) mass is 349 g/mol. The van der Waals surface area contributed by atoms with E-state index in [1.54, 1.807) is 27.8 Å². The van der Waals surface area contributed by atoms with Crippen molar-refractivity contribution in [3.05, 3.63) is 78.8 Å². The van der Waals surface area contributed by atoms with Crippen LogP contribution in [0.1, 0.15) is 5.56 Å². The second kappa shape index (κ2) is 6.79. The number of fused-ring (bicyclic) bond motifs is 1. The fourth-order valence-electron chi connectivity index (χ4n) is 2.85. The molecule has 0 aliphatic rings. The Morgan fingerprint density at radius 1 is 1.12 bits per heavy atom. The summed E-state index contributed by atoms with van der Waals surface area (Å²) in [5.41, 5.74) is 2.46. The average Bonchev–Trinajstić information content (AvgIpc) is 3.27. The van der Waals surface area contributed by atoms with Crippen molar-refractivity contribution in [1.29, 1.82) is 0 Å². The highest BCUT2D eigenvalue weighted by molar-refractivity contribution is 5.92. The lowest BCUT2D eigenvalue weighted by Crippen LogP contribution is -2.18. The first-order valence-corrected chi connectivity index (χ1v) is 8.13. The Morgan fingerprint density at radius 3 is 2.73 bits per heavy atom. The zero-order valence-electron chi connectivity index (χ0n) is 13.8. The van der Waals surface area contributed by atoms with E-state index in [0.29, 0.717) is 17.7 Å². The van der Waals surface area contributed by atoms with Crippen molar-refractivity contribution in [2.75, 3.05) is 5.32 Å². The van der Waals surface area contributed by atoms with Crippen LogP contribution in [-0.4, -0.2) is 25.2 Å². The summed E-state index contributed by atoms with van der Waals surface area (Å²) in [6, 6.07) is 14.0. The van der Waals surface area contributed by atoms with Crippen molar-refractivity contribution in [3.8, 4) is 0 Å². The molecule has 4 rings (SSSR count). The smallest absolute Gasteiger partial charge is 0.244 e. The van der Waals surface area contributed by atoms with Crippen molar-refractivity contribution in [2.24, 2.45) is 0 Å². The number of benzene rings is 2. The molecule has 2 aromatic carbocycles. The first kappa shape index (κ1) is 16.0. The van der Waals surface area contributed by atoms with Gasteiger partial charge in [-0.3, -0.25) is 4.79 Å². The number of hydrogen-bond acceptors (Lipinski definition) is 3. The van der Waals surface area contributed by atoms with Gasteiger partial charge >= 0.3 is 0 Å². The van der Waals surface area contributed by atoms with Crippen LogP contribution in [0.4, 0.5) is 10.1 Å². The minimum absolute atomic E-state index is 0.119. The van der Waals surface area contributed by atoms with Crippen LogP contribution in [0.25, 0.3) is 10.9 Å². The van der Waals surface area contributed by atoms with Crippen LogP contribution in [0.15, 0.2) is 67.4 Å². The lowest BCUT2D eigenvalue weighted by Gasteiger charge is -2.08. The van der Waals surface area contributed by atoms with E-state index in [2.05, 4.69) is 15.4 Å². The van der Waals surface area contributed by atoms with E-state index < -0.39 is 0 Å². The maximum atomic E-state index is 13.4. The van der Waals surface area contributed by atoms with Gasteiger partial charge in [0.15, 0.2) is 0 Å². The van der Waals surface area contributed by atoms with E-state index >= 15 is 0 Å². The summed E-state index contributed by atoms with van der Waals surface area (Å²) < 4.78 is 16.9. The Kier molecular flexibility index (Phi) is 4.18. The Hall–Kier alpha value is -3.48. The minimum atomic E-state index is -0.319. The van der Waals surface area contributed by atoms with Gasteiger partial charge in [0, 0.05) is 11.9 Å². The zero-order valence-corrected chi connectivity index (χ0v) is 13.8. The van der Waals surface area contributed by atoms with Crippen LogP contribution in [-0.2, 0) is 17.9 Å². The summed E-state index contributed by atoms with van der Waals surface area (Å²) in [7, 11) is 0. The molecule has 0 saturated carbocycles. The number of aromatic nitrogens is 4. The third-order valence-corrected chi connectivity index (χ3v) is 4.10. The molecule has 0 fully saturated rings. The molecule has 6 nitrogen and oxygen atoms in total. The quantitative estimate of drug-likeness (QED) is 0.602. The van der Waals surface area contributed by atoms with Gasteiger partial charge in [-0.1, -0.05) is 12.1 Å². The predicted molar refractivity (Wildman–Crippen MR) is 96.1 cm³/mol. The molecular weight excluding hydrogens is 333 g/mol. The molecule has 2 aromatic heterocycles.